The number of rotatable bonds is 1. The zero-order chi connectivity index (χ0) is 8.67. The highest BCUT2D eigenvalue weighted by atomic mass is 31.1. The van der Waals surface area contributed by atoms with Crippen LogP contribution in [0.25, 0.3) is 0 Å². The molecule has 1 saturated carbocycles. The van der Waals surface area contributed by atoms with Crippen LogP contribution in [0.5, 0.6) is 0 Å². The van der Waals surface area contributed by atoms with Gasteiger partial charge in [-0.25, -0.2) is 0 Å². The molecule has 0 radical (unpaired) electrons. The third-order valence-electron chi connectivity index (χ3n) is 3.50. The largest absolute Gasteiger partial charge is 0.0719 e. The van der Waals surface area contributed by atoms with Crippen LogP contribution in [0.1, 0.15) is 19.3 Å². The van der Waals surface area contributed by atoms with Gasteiger partial charge in [0, 0.05) is 0 Å². The van der Waals surface area contributed by atoms with Crippen molar-refractivity contribution < 1.29 is 0 Å². The second-order valence-corrected chi connectivity index (χ2v) is 6.87. The number of benzene rings is 1. The van der Waals surface area contributed by atoms with E-state index < -0.39 is 0 Å². The van der Waals surface area contributed by atoms with Gasteiger partial charge in [-0.3, -0.25) is 0 Å². The molecule has 1 aliphatic heterocycles. The molecular formula is C12H15P. The van der Waals surface area contributed by atoms with Gasteiger partial charge in [0.15, 0.2) is 0 Å². The van der Waals surface area contributed by atoms with Gasteiger partial charge in [-0.05, 0) is 42.3 Å². The lowest BCUT2D eigenvalue weighted by molar-refractivity contribution is 0.634. The van der Waals surface area contributed by atoms with E-state index in [0.29, 0.717) is 0 Å². The van der Waals surface area contributed by atoms with Gasteiger partial charge in [0.2, 0.25) is 0 Å². The highest BCUT2D eigenvalue weighted by Crippen LogP contribution is 2.58. The fraction of sp³-hybridized carbons (Fsp3) is 0.500. The summed E-state index contributed by atoms with van der Waals surface area (Å²) in [6.07, 6.45) is 6.12. The molecular weight excluding hydrogens is 175 g/mol. The van der Waals surface area contributed by atoms with Crippen LogP contribution in [-0.2, 0) is 0 Å². The molecule has 2 bridgehead atoms. The lowest BCUT2D eigenvalue weighted by atomic mass is 10.1. The maximum Gasteiger partial charge on any atom is -0.0166 e. The van der Waals surface area contributed by atoms with E-state index in [1.807, 2.05) is 0 Å². The second kappa shape index (κ2) is 3.10. The number of hydrogen-bond donors (Lipinski definition) is 0. The first-order valence-corrected chi connectivity index (χ1v) is 6.85. The molecule has 3 atom stereocenters. The van der Waals surface area contributed by atoms with Crippen molar-refractivity contribution in [2.45, 2.75) is 24.9 Å². The van der Waals surface area contributed by atoms with Crippen molar-refractivity contribution in [3.63, 3.8) is 0 Å². The Bertz CT molecular complexity index is 293. The summed E-state index contributed by atoms with van der Waals surface area (Å²) in [5.74, 6) is 1.09. The molecule has 0 spiro atoms. The molecule has 3 rings (SSSR count). The predicted molar refractivity (Wildman–Crippen MR) is 59.0 cm³/mol. The van der Waals surface area contributed by atoms with Crippen molar-refractivity contribution in [2.75, 3.05) is 6.16 Å². The molecule has 1 saturated heterocycles. The zero-order valence-corrected chi connectivity index (χ0v) is 8.71. The van der Waals surface area contributed by atoms with Crippen LogP contribution < -0.4 is 5.30 Å². The molecule has 1 heteroatoms. The van der Waals surface area contributed by atoms with E-state index in [1.165, 1.54) is 19.0 Å². The van der Waals surface area contributed by atoms with Crippen LogP contribution in [0.4, 0.5) is 0 Å². The lowest BCUT2D eigenvalue weighted by Crippen LogP contribution is -2.11. The molecule has 2 aliphatic rings. The third kappa shape index (κ3) is 1.32. The standard InChI is InChI=1S/C12H15P/c1-2-4-11(5-3-1)13-9-10-6-7-12(13)8-10/h1-5,10,12H,6-9H2. The summed E-state index contributed by atoms with van der Waals surface area (Å²) in [6, 6.07) is 11.2. The Morgan fingerprint density at radius 2 is 1.92 bits per heavy atom. The molecule has 3 unspecified atom stereocenters. The van der Waals surface area contributed by atoms with Crippen molar-refractivity contribution >= 4 is 13.2 Å². The average molecular weight is 190 g/mol. The summed E-state index contributed by atoms with van der Waals surface area (Å²) in [5, 5.41) is 1.66. The summed E-state index contributed by atoms with van der Waals surface area (Å²) in [4.78, 5) is 0. The quantitative estimate of drug-likeness (QED) is 0.597. The van der Waals surface area contributed by atoms with E-state index in [9.17, 15) is 0 Å². The topological polar surface area (TPSA) is 0 Å². The molecule has 0 aromatic heterocycles. The van der Waals surface area contributed by atoms with Crippen LogP contribution in [0.2, 0.25) is 0 Å². The summed E-state index contributed by atoms with van der Waals surface area (Å²) in [5.41, 5.74) is 1.09. The van der Waals surface area contributed by atoms with Crippen molar-refractivity contribution in [3.05, 3.63) is 30.3 Å². The van der Waals surface area contributed by atoms with Crippen molar-refractivity contribution in [2.24, 2.45) is 5.92 Å². The highest BCUT2D eigenvalue weighted by Gasteiger charge is 2.39. The summed E-state index contributed by atoms with van der Waals surface area (Å²) in [7, 11) is 0.246. The van der Waals surface area contributed by atoms with Gasteiger partial charge < -0.3 is 0 Å². The van der Waals surface area contributed by atoms with Crippen LogP contribution in [-0.4, -0.2) is 11.8 Å². The smallest absolute Gasteiger partial charge is 0.0166 e. The zero-order valence-electron chi connectivity index (χ0n) is 7.82. The van der Waals surface area contributed by atoms with E-state index in [-0.39, 0.29) is 7.92 Å². The van der Waals surface area contributed by atoms with E-state index in [4.69, 9.17) is 0 Å². The maximum atomic E-state index is 2.34. The van der Waals surface area contributed by atoms with Crippen LogP contribution >= 0.6 is 7.92 Å². The average Bonchev–Trinajstić information content (AvgIpc) is 2.80. The monoisotopic (exact) mass is 190 g/mol. The minimum absolute atomic E-state index is 0.246. The predicted octanol–water partition coefficient (Wildman–Crippen LogP) is 2.98. The Labute approximate surface area is 81.1 Å². The van der Waals surface area contributed by atoms with E-state index in [2.05, 4.69) is 30.3 Å². The third-order valence-corrected chi connectivity index (χ3v) is 6.72. The van der Waals surface area contributed by atoms with E-state index >= 15 is 0 Å². The number of fused-ring (bicyclic) bond motifs is 2. The van der Waals surface area contributed by atoms with Crippen LogP contribution in [0, 0.1) is 5.92 Å². The van der Waals surface area contributed by atoms with Gasteiger partial charge in [0.05, 0.1) is 0 Å². The Balaban J connectivity index is 1.87. The Hall–Kier alpha value is -0.350. The molecule has 13 heavy (non-hydrogen) atoms. The lowest BCUT2D eigenvalue weighted by Gasteiger charge is -2.22. The van der Waals surface area contributed by atoms with Gasteiger partial charge in [-0.2, -0.15) is 0 Å². The van der Waals surface area contributed by atoms with Gasteiger partial charge in [0.1, 0.15) is 0 Å². The molecule has 0 amide bonds. The molecule has 2 fully saturated rings. The summed E-state index contributed by atoms with van der Waals surface area (Å²) < 4.78 is 0. The molecule has 1 heterocycles. The Morgan fingerprint density at radius 3 is 2.54 bits per heavy atom. The molecule has 1 aliphatic carbocycles. The Morgan fingerprint density at radius 1 is 1.08 bits per heavy atom. The summed E-state index contributed by atoms with van der Waals surface area (Å²) in [6.45, 7) is 0. The molecule has 1 aromatic carbocycles. The fourth-order valence-electron chi connectivity index (χ4n) is 2.86. The fourth-order valence-corrected chi connectivity index (χ4v) is 6.25. The van der Waals surface area contributed by atoms with Crippen LogP contribution in [0.3, 0.4) is 0 Å². The SMILES string of the molecule is c1ccc(P2CC3CCC2C3)cc1. The van der Waals surface area contributed by atoms with Gasteiger partial charge in [0.25, 0.3) is 0 Å². The second-order valence-electron chi connectivity index (χ2n) is 4.32. The number of hydrogen-bond acceptors (Lipinski definition) is 0. The van der Waals surface area contributed by atoms with Crippen LogP contribution in [0.15, 0.2) is 30.3 Å². The normalized spacial score (nSPS) is 36.8. The van der Waals surface area contributed by atoms with Crippen molar-refractivity contribution in [3.8, 4) is 0 Å². The summed E-state index contributed by atoms with van der Waals surface area (Å²) >= 11 is 0. The van der Waals surface area contributed by atoms with Crippen molar-refractivity contribution in [1.82, 2.24) is 0 Å². The first-order valence-electron chi connectivity index (χ1n) is 5.25. The van der Waals surface area contributed by atoms with E-state index in [1.54, 1.807) is 11.7 Å². The first kappa shape index (κ1) is 8.00. The minimum Gasteiger partial charge on any atom is -0.0719 e. The van der Waals surface area contributed by atoms with Gasteiger partial charge in [-0.1, -0.05) is 38.3 Å². The molecule has 68 valence electrons. The minimum atomic E-state index is 0.246. The molecule has 0 N–H and O–H groups in total. The van der Waals surface area contributed by atoms with E-state index in [0.717, 1.165) is 11.6 Å². The van der Waals surface area contributed by atoms with Gasteiger partial charge >= 0.3 is 0 Å². The molecule has 0 nitrogen and oxygen atoms in total. The first-order chi connectivity index (χ1) is 6.43. The highest BCUT2D eigenvalue weighted by molar-refractivity contribution is 7.66. The molecule has 1 aromatic rings. The van der Waals surface area contributed by atoms with Gasteiger partial charge in [-0.15, -0.1) is 0 Å². The Kier molecular flexibility index (Phi) is 1.91. The maximum absolute atomic E-state index is 2.34. The van der Waals surface area contributed by atoms with Crippen molar-refractivity contribution in [1.29, 1.82) is 0 Å².